The van der Waals surface area contributed by atoms with Crippen molar-refractivity contribution >= 4 is 14.0 Å². The fraction of sp³-hybridized carbons (Fsp3) is 0. The lowest BCUT2D eigenvalue weighted by atomic mass is 10.2. The van der Waals surface area contributed by atoms with Crippen LogP contribution in [0.3, 0.4) is 0 Å². The van der Waals surface area contributed by atoms with Crippen molar-refractivity contribution in [3.8, 4) is 11.4 Å². The summed E-state index contributed by atoms with van der Waals surface area (Å²) in [5, 5.41) is 6.46. The molecule has 0 saturated carbocycles. The number of H-pyrrole nitrogens is 1. The minimum atomic E-state index is -0.163. The fourth-order valence-corrected chi connectivity index (χ4v) is 1.25. The molecule has 2 aromatic rings. The van der Waals surface area contributed by atoms with Crippen molar-refractivity contribution in [3.63, 3.8) is 0 Å². The van der Waals surface area contributed by atoms with Crippen LogP contribution in [-0.2, 0) is 4.57 Å². The molecule has 0 fully saturated rings. The molecular weight excluding hydrogens is 185 g/mol. The minimum absolute atomic E-state index is 0.163. The number of rotatable bonds is 2. The van der Waals surface area contributed by atoms with Gasteiger partial charge in [0, 0.05) is 5.56 Å². The van der Waals surface area contributed by atoms with E-state index in [1.807, 2.05) is 30.3 Å². The molecule has 0 aliphatic carbocycles. The Morgan fingerprint density at radius 2 is 2.00 bits per heavy atom. The second kappa shape index (κ2) is 3.46. The van der Waals surface area contributed by atoms with Gasteiger partial charge in [-0.05, 0) is 0 Å². The summed E-state index contributed by atoms with van der Waals surface area (Å²) in [6.45, 7) is 0. The Morgan fingerprint density at radius 1 is 1.23 bits per heavy atom. The Balaban J connectivity index is 2.41. The molecule has 1 aromatic heterocycles. The zero-order valence-corrected chi connectivity index (χ0v) is 7.53. The van der Waals surface area contributed by atoms with Crippen LogP contribution in [0.25, 0.3) is 11.4 Å². The van der Waals surface area contributed by atoms with Gasteiger partial charge >= 0.3 is 0 Å². The van der Waals surface area contributed by atoms with Crippen molar-refractivity contribution in [2.24, 2.45) is 0 Å². The quantitative estimate of drug-likeness (QED) is 0.729. The molecule has 0 aliphatic rings. The van der Waals surface area contributed by atoms with Crippen LogP contribution >= 0.6 is 8.46 Å². The monoisotopic (exact) mass is 191 g/mol. The van der Waals surface area contributed by atoms with Crippen LogP contribution in [-0.4, -0.2) is 15.2 Å². The van der Waals surface area contributed by atoms with Gasteiger partial charge in [-0.25, -0.2) is 4.98 Å². The molecule has 0 spiro atoms. The summed E-state index contributed by atoms with van der Waals surface area (Å²) in [5.41, 5.74) is 1.21. The van der Waals surface area contributed by atoms with E-state index in [0.717, 1.165) is 5.56 Å². The maximum absolute atomic E-state index is 10.4. The van der Waals surface area contributed by atoms with Crippen LogP contribution in [0.5, 0.6) is 0 Å². The molecule has 0 bridgehead atoms. The van der Waals surface area contributed by atoms with Gasteiger partial charge in [0.05, 0.1) is 0 Å². The summed E-state index contributed by atoms with van der Waals surface area (Å²) in [4.78, 5) is 4.01. The van der Waals surface area contributed by atoms with E-state index in [2.05, 4.69) is 15.2 Å². The van der Waals surface area contributed by atoms with Gasteiger partial charge in [0.15, 0.2) is 5.82 Å². The van der Waals surface area contributed by atoms with Gasteiger partial charge in [-0.2, -0.15) is 0 Å². The predicted molar refractivity (Wildman–Crippen MR) is 49.1 cm³/mol. The van der Waals surface area contributed by atoms with Crippen molar-refractivity contribution in [1.82, 2.24) is 15.2 Å². The summed E-state index contributed by atoms with van der Waals surface area (Å²) in [6, 6.07) is 9.56. The highest BCUT2D eigenvalue weighted by molar-refractivity contribution is 7.33. The van der Waals surface area contributed by atoms with Crippen molar-refractivity contribution in [2.75, 3.05) is 0 Å². The number of aromatic nitrogens is 3. The van der Waals surface area contributed by atoms with Crippen molar-refractivity contribution in [2.45, 2.75) is 0 Å². The standard InChI is InChI=1S/C8H6N3OP/c12-13-8-9-7(10-11-8)6-4-2-1-3-5-6/h1-5H,(H,9,10,11). The van der Waals surface area contributed by atoms with E-state index in [0.29, 0.717) is 5.82 Å². The first-order valence-corrected chi connectivity index (χ1v) is 4.52. The lowest BCUT2D eigenvalue weighted by Crippen LogP contribution is -1.94. The highest BCUT2D eigenvalue weighted by atomic mass is 31.1. The molecule has 0 unspecified atom stereocenters. The lowest BCUT2D eigenvalue weighted by Gasteiger charge is -1.91. The summed E-state index contributed by atoms with van der Waals surface area (Å²) in [6.07, 6.45) is 0. The van der Waals surface area contributed by atoms with E-state index in [-0.39, 0.29) is 14.0 Å². The first-order chi connectivity index (χ1) is 6.40. The maximum atomic E-state index is 10.4. The van der Waals surface area contributed by atoms with Crippen LogP contribution in [0.4, 0.5) is 0 Å². The van der Waals surface area contributed by atoms with Gasteiger partial charge < -0.3 is 0 Å². The van der Waals surface area contributed by atoms with E-state index >= 15 is 0 Å². The summed E-state index contributed by atoms with van der Waals surface area (Å²) in [5.74, 6) is 0.638. The Kier molecular flexibility index (Phi) is 2.15. The first kappa shape index (κ1) is 8.08. The van der Waals surface area contributed by atoms with Crippen molar-refractivity contribution < 1.29 is 4.57 Å². The first-order valence-electron chi connectivity index (χ1n) is 3.71. The van der Waals surface area contributed by atoms with Gasteiger partial charge in [-0.3, -0.25) is 9.66 Å². The highest BCUT2D eigenvalue weighted by Crippen LogP contribution is 2.11. The average molecular weight is 191 g/mol. The minimum Gasteiger partial charge on any atom is -0.266 e. The predicted octanol–water partition coefficient (Wildman–Crippen LogP) is 1.39. The third-order valence-electron chi connectivity index (χ3n) is 1.60. The second-order valence-corrected chi connectivity index (χ2v) is 3.02. The Labute approximate surface area is 76.2 Å². The second-order valence-electron chi connectivity index (χ2n) is 2.44. The van der Waals surface area contributed by atoms with Gasteiger partial charge in [-0.1, -0.05) is 30.3 Å². The summed E-state index contributed by atoms with van der Waals surface area (Å²) >= 11 is 0. The summed E-state index contributed by atoms with van der Waals surface area (Å²) in [7, 11) is -0.163. The number of nitrogens with zero attached hydrogens (tertiary/aromatic N) is 2. The molecule has 5 heteroatoms. The third-order valence-corrected chi connectivity index (χ3v) is 1.97. The average Bonchev–Trinajstić information content (AvgIpc) is 2.67. The van der Waals surface area contributed by atoms with Gasteiger partial charge in [0.1, 0.15) is 0 Å². The van der Waals surface area contributed by atoms with E-state index in [4.69, 9.17) is 0 Å². The molecule has 64 valence electrons. The van der Waals surface area contributed by atoms with Gasteiger partial charge in [-0.15, -0.1) is 5.10 Å². The largest absolute Gasteiger partial charge is 0.266 e. The number of hydrogen-bond donors (Lipinski definition) is 1. The SMILES string of the molecule is O=Pc1n[nH]c(-c2ccccc2)n1. The number of aromatic amines is 1. The Morgan fingerprint density at radius 3 is 2.62 bits per heavy atom. The third kappa shape index (κ3) is 1.63. The van der Waals surface area contributed by atoms with Crippen molar-refractivity contribution in [3.05, 3.63) is 30.3 Å². The molecule has 0 amide bonds. The van der Waals surface area contributed by atoms with E-state index in [1.54, 1.807) is 0 Å². The van der Waals surface area contributed by atoms with Gasteiger partial charge in [0.25, 0.3) is 0 Å². The molecule has 13 heavy (non-hydrogen) atoms. The maximum Gasteiger partial charge on any atom is 0.242 e. The van der Waals surface area contributed by atoms with E-state index < -0.39 is 0 Å². The van der Waals surface area contributed by atoms with Gasteiger partial charge in [0.2, 0.25) is 14.0 Å². The number of nitrogens with one attached hydrogen (secondary N) is 1. The Bertz CT molecular complexity index is 412. The normalized spacial score (nSPS) is 10.5. The topological polar surface area (TPSA) is 58.6 Å². The van der Waals surface area contributed by atoms with E-state index in [1.165, 1.54) is 0 Å². The fourth-order valence-electron chi connectivity index (χ4n) is 1.02. The molecule has 0 radical (unpaired) electrons. The van der Waals surface area contributed by atoms with Crippen LogP contribution in [0.1, 0.15) is 0 Å². The van der Waals surface area contributed by atoms with Crippen LogP contribution in [0.15, 0.2) is 30.3 Å². The summed E-state index contributed by atoms with van der Waals surface area (Å²) < 4.78 is 10.4. The highest BCUT2D eigenvalue weighted by Gasteiger charge is 2.03. The van der Waals surface area contributed by atoms with Crippen LogP contribution in [0, 0.1) is 0 Å². The zero-order chi connectivity index (χ0) is 9.10. The molecule has 0 saturated heterocycles. The molecule has 1 N–H and O–H groups in total. The molecule has 4 nitrogen and oxygen atoms in total. The van der Waals surface area contributed by atoms with E-state index in [9.17, 15) is 4.57 Å². The molecule has 1 heterocycles. The number of hydrogen-bond acceptors (Lipinski definition) is 3. The molecule has 0 atom stereocenters. The van der Waals surface area contributed by atoms with Crippen LogP contribution < -0.4 is 5.57 Å². The molecule has 0 aliphatic heterocycles. The Hall–Kier alpha value is -1.54. The number of benzene rings is 1. The smallest absolute Gasteiger partial charge is 0.242 e. The molecule has 1 aromatic carbocycles. The molecular formula is C8H6N3OP. The zero-order valence-electron chi connectivity index (χ0n) is 6.64. The van der Waals surface area contributed by atoms with Crippen molar-refractivity contribution in [1.29, 1.82) is 0 Å². The lowest BCUT2D eigenvalue weighted by molar-refractivity contribution is 0.602. The van der Waals surface area contributed by atoms with Crippen LogP contribution in [0.2, 0.25) is 0 Å². The molecule has 2 rings (SSSR count).